The summed E-state index contributed by atoms with van der Waals surface area (Å²) in [4.78, 5) is 60.4. The van der Waals surface area contributed by atoms with Crippen LogP contribution in [0.2, 0.25) is 0 Å². The van der Waals surface area contributed by atoms with Gasteiger partial charge in [0.05, 0.1) is 54.1 Å². The van der Waals surface area contributed by atoms with Crippen molar-refractivity contribution in [1.82, 2.24) is 21.3 Å². The van der Waals surface area contributed by atoms with E-state index in [1.54, 1.807) is 34.1 Å². The Hall–Kier alpha value is -5.25. The number of cyclic esters (lactones) is 2. The van der Waals surface area contributed by atoms with Crippen molar-refractivity contribution >= 4 is 81.5 Å². The van der Waals surface area contributed by atoms with Crippen molar-refractivity contribution in [3.8, 4) is 0 Å². The van der Waals surface area contributed by atoms with E-state index in [1.807, 2.05) is 9.80 Å². The number of aliphatic hydroxyl groups is 2. The number of aliphatic hydroxyl groups excluding tert-OH is 2. The molecule has 0 unspecified atom stereocenters. The van der Waals surface area contributed by atoms with E-state index in [0.29, 0.717) is 75.1 Å². The average molecular weight is 839 g/mol. The summed E-state index contributed by atoms with van der Waals surface area (Å²) >= 11 is 9.23. The van der Waals surface area contributed by atoms with E-state index in [9.17, 15) is 28.0 Å². The number of isothiocyanates is 1. The summed E-state index contributed by atoms with van der Waals surface area (Å²) in [5.74, 6) is -1.58. The molecule has 0 saturated carbocycles. The van der Waals surface area contributed by atoms with Gasteiger partial charge in [0, 0.05) is 52.4 Å². The normalized spacial score (nSPS) is 18.9. The van der Waals surface area contributed by atoms with Crippen molar-refractivity contribution < 1.29 is 47.6 Å². The number of halogens is 2. The number of nitrogens with zero attached hydrogens (tertiary/aromatic N) is 7. The van der Waals surface area contributed by atoms with Crippen LogP contribution < -0.4 is 36.8 Å². The number of nitrogens with two attached hydrogens (primary N) is 1. The quantitative estimate of drug-likeness (QED) is 0.168. The summed E-state index contributed by atoms with van der Waals surface area (Å²) in [5, 5.41) is 22.9. The van der Waals surface area contributed by atoms with E-state index < -0.39 is 49.2 Å². The lowest BCUT2D eigenvalue weighted by Gasteiger charge is -2.36. The second kappa shape index (κ2) is 21.3. The topological polar surface area (TPSA) is 232 Å². The Labute approximate surface area is 339 Å². The van der Waals surface area contributed by atoms with Gasteiger partial charge in [-0.05, 0) is 60.8 Å². The summed E-state index contributed by atoms with van der Waals surface area (Å²) in [5.41, 5.74) is 6.99. The zero-order chi connectivity index (χ0) is 39.6. The van der Waals surface area contributed by atoms with Gasteiger partial charge in [-0.1, -0.05) is 7.43 Å². The molecule has 57 heavy (non-hydrogen) atoms. The number of ether oxygens (including phenoxy) is 2. The molecule has 4 fully saturated rings. The van der Waals surface area contributed by atoms with Gasteiger partial charge in [-0.15, -0.1) is 0 Å². The second-order valence-electron chi connectivity index (χ2n) is 12.7. The van der Waals surface area contributed by atoms with Crippen LogP contribution in [0.15, 0.2) is 41.4 Å². The van der Waals surface area contributed by atoms with Crippen LogP contribution in [-0.4, -0.2) is 158 Å². The molecule has 312 valence electrons. The molecule has 8 N–H and O–H groups in total. The molecule has 4 heterocycles. The number of aliphatic imine (C=N–C) groups is 1. The second-order valence-corrected chi connectivity index (χ2v) is 13.4. The van der Waals surface area contributed by atoms with Gasteiger partial charge in [-0.2, -0.15) is 0 Å². The maximum absolute atomic E-state index is 14.7. The van der Waals surface area contributed by atoms with E-state index in [-0.39, 0.29) is 56.7 Å². The van der Waals surface area contributed by atoms with Gasteiger partial charge in [-0.25, -0.2) is 23.4 Å². The zero-order valence-corrected chi connectivity index (χ0v) is 32.0. The molecular formula is C35H48F2N10O8S2. The summed E-state index contributed by atoms with van der Waals surface area (Å²) < 4.78 is 39.8. The third-order valence-corrected chi connectivity index (χ3v) is 9.59. The minimum absolute atomic E-state index is 0. The monoisotopic (exact) mass is 838 g/mol. The van der Waals surface area contributed by atoms with Crippen molar-refractivity contribution in [3.63, 3.8) is 0 Å². The fourth-order valence-electron chi connectivity index (χ4n) is 6.45. The first-order valence-corrected chi connectivity index (χ1v) is 18.1. The van der Waals surface area contributed by atoms with Crippen LogP contribution >= 0.6 is 24.4 Å². The highest BCUT2D eigenvalue weighted by atomic mass is 32.1. The number of carbonyl (C=O) groups excluding carboxylic acids is 4. The molecule has 2 atom stereocenters. The SMILES string of the molecule is C.N.NC(=S)NC[C@H]1CN(c2ccc(N3CCN(C(=O)CO)CC3)c(F)c2)C(=O)O1.O=C(CO)N1CCN(c2ccc(N3C[C@H](CN=C=S)OC3=O)cc2F)CC1. The number of amides is 4. The Kier molecular flexibility index (Phi) is 17.3. The molecule has 4 aliphatic rings. The Morgan fingerprint density at radius 1 is 0.807 bits per heavy atom. The highest BCUT2D eigenvalue weighted by Gasteiger charge is 2.34. The summed E-state index contributed by atoms with van der Waals surface area (Å²) in [6, 6.07) is 9.15. The van der Waals surface area contributed by atoms with Crippen LogP contribution in [0.3, 0.4) is 0 Å². The van der Waals surface area contributed by atoms with E-state index >= 15 is 0 Å². The third-order valence-electron chi connectivity index (χ3n) is 9.31. The number of benzene rings is 2. The Morgan fingerprint density at radius 3 is 1.61 bits per heavy atom. The number of hydrogen-bond donors (Lipinski definition) is 5. The average Bonchev–Trinajstić information content (AvgIpc) is 3.76. The number of thiocarbonyl (C=S) groups is 2. The molecule has 0 bridgehead atoms. The predicted molar refractivity (Wildman–Crippen MR) is 216 cm³/mol. The highest BCUT2D eigenvalue weighted by molar-refractivity contribution is 7.80. The van der Waals surface area contributed by atoms with Crippen molar-refractivity contribution in [2.24, 2.45) is 10.7 Å². The van der Waals surface area contributed by atoms with Crippen molar-refractivity contribution in [2.75, 3.05) is 111 Å². The van der Waals surface area contributed by atoms with E-state index in [1.165, 1.54) is 21.9 Å². The lowest BCUT2D eigenvalue weighted by molar-refractivity contribution is -0.135. The summed E-state index contributed by atoms with van der Waals surface area (Å²) in [6.45, 7) is 3.50. The summed E-state index contributed by atoms with van der Waals surface area (Å²) in [7, 11) is 0. The molecule has 18 nitrogen and oxygen atoms in total. The number of nitrogens with one attached hydrogen (secondary N) is 1. The molecule has 2 aromatic carbocycles. The summed E-state index contributed by atoms with van der Waals surface area (Å²) in [6.07, 6.45) is -1.98. The lowest BCUT2D eigenvalue weighted by Crippen LogP contribution is -2.49. The molecule has 0 radical (unpaired) electrons. The molecule has 0 aromatic heterocycles. The van der Waals surface area contributed by atoms with Gasteiger partial charge in [-0.3, -0.25) is 19.4 Å². The van der Waals surface area contributed by atoms with Gasteiger partial charge in [0.1, 0.15) is 37.1 Å². The minimum Gasteiger partial charge on any atom is -0.442 e. The van der Waals surface area contributed by atoms with E-state index in [4.69, 9.17) is 37.6 Å². The lowest BCUT2D eigenvalue weighted by atomic mass is 10.2. The first kappa shape index (κ1) is 46.1. The van der Waals surface area contributed by atoms with Crippen molar-refractivity contribution in [1.29, 1.82) is 0 Å². The van der Waals surface area contributed by atoms with Crippen molar-refractivity contribution in [2.45, 2.75) is 19.6 Å². The van der Waals surface area contributed by atoms with Crippen LogP contribution in [0.4, 0.5) is 41.1 Å². The molecule has 22 heteroatoms. The fraction of sp³-hybridized carbons (Fsp3) is 0.486. The predicted octanol–water partition coefficient (Wildman–Crippen LogP) is 1.32. The largest absolute Gasteiger partial charge is 0.442 e. The fourth-order valence-corrected chi connectivity index (χ4v) is 6.61. The van der Waals surface area contributed by atoms with Crippen LogP contribution in [0.5, 0.6) is 0 Å². The molecule has 4 saturated heterocycles. The van der Waals surface area contributed by atoms with Gasteiger partial charge < -0.3 is 56.5 Å². The third kappa shape index (κ3) is 11.6. The zero-order valence-electron chi connectivity index (χ0n) is 30.3. The van der Waals surface area contributed by atoms with E-state index in [2.05, 4.69) is 27.7 Å². The molecule has 6 rings (SSSR count). The standard InChI is InChI=1S/C17H22FN5O4S.C17H19FN4O4S.CH4.H3N/c18-13-7-11(23-9-12(27-17(23)26)8-20-16(19)28)1-2-14(13)21-3-5-22(6-4-21)15(25)10-24;18-14-7-12(22-9-13(8-19-11-27)26-17(22)25)1-2-15(14)20-3-5-21(6-4-20)16(24)10-23;;/h1-2,7,12,24H,3-6,8-10H2,(H3,19,20,28);1-2,7,13,23H,3-6,8-10H2;1H4;1H3/t12-;13-;;/m00../s1. The molecule has 0 spiro atoms. The van der Waals surface area contributed by atoms with Crippen LogP contribution in [0.1, 0.15) is 7.43 Å². The molecule has 2 aromatic rings. The number of rotatable bonds is 10. The van der Waals surface area contributed by atoms with Crippen LogP contribution in [0, 0.1) is 11.6 Å². The molecule has 4 aliphatic heterocycles. The minimum atomic E-state index is -0.557. The Balaban J connectivity index is 0.000000295. The maximum atomic E-state index is 14.7. The number of piperazine rings is 2. The molecule has 0 aliphatic carbocycles. The smallest absolute Gasteiger partial charge is 0.414 e. The van der Waals surface area contributed by atoms with Gasteiger partial charge in [0.15, 0.2) is 5.11 Å². The van der Waals surface area contributed by atoms with Gasteiger partial charge in [0.25, 0.3) is 0 Å². The first-order chi connectivity index (χ1) is 26.4. The first-order valence-electron chi connectivity index (χ1n) is 17.3. The van der Waals surface area contributed by atoms with E-state index in [0.717, 1.165) is 0 Å². The molecular weight excluding hydrogens is 791 g/mol. The highest BCUT2D eigenvalue weighted by Crippen LogP contribution is 2.30. The maximum Gasteiger partial charge on any atom is 0.414 e. The van der Waals surface area contributed by atoms with Gasteiger partial charge >= 0.3 is 12.2 Å². The van der Waals surface area contributed by atoms with Gasteiger partial charge in [0.2, 0.25) is 11.8 Å². The Morgan fingerprint density at radius 2 is 1.23 bits per heavy atom. The van der Waals surface area contributed by atoms with Crippen LogP contribution in [0.25, 0.3) is 0 Å². The Bertz CT molecular complexity index is 1810. The number of carbonyl (C=O) groups is 4. The van der Waals surface area contributed by atoms with Crippen molar-refractivity contribution in [3.05, 3.63) is 48.0 Å². The van der Waals surface area contributed by atoms with Crippen LogP contribution in [-0.2, 0) is 19.1 Å². The number of anilines is 4. The molecule has 4 amide bonds. The number of hydrogen-bond acceptors (Lipinski definition) is 14.